The van der Waals surface area contributed by atoms with Gasteiger partial charge in [0.25, 0.3) is 5.56 Å². The molecule has 1 aromatic heterocycles. The number of hydrogen-bond acceptors (Lipinski definition) is 5. The molecule has 4 rings (SSSR count). The molecule has 0 fully saturated rings. The third-order valence-corrected chi connectivity index (χ3v) is 6.87. The maximum atomic E-state index is 13.6. The summed E-state index contributed by atoms with van der Waals surface area (Å²) >= 11 is 7.54. The third-order valence-electron chi connectivity index (χ3n) is 5.14. The Labute approximate surface area is 195 Å². The van der Waals surface area contributed by atoms with Crippen molar-refractivity contribution in [2.75, 3.05) is 7.11 Å². The van der Waals surface area contributed by atoms with E-state index >= 15 is 0 Å². The van der Waals surface area contributed by atoms with Crippen LogP contribution in [0.1, 0.15) is 23.3 Å². The van der Waals surface area contributed by atoms with Crippen molar-refractivity contribution < 1.29 is 9.53 Å². The zero-order chi connectivity index (χ0) is 22.8. The van der Waals surface area contributed by atoms with Gasteiger partial charge in [-0.2, -0.15) is 0 Å². The van der Waals surface area contributed by atoms with Crippen molar-refractivity contribution in [3.05, 3.63) is 93.2 Å². The highest BCUT2D eigenvalue weighted by molar-refractivity contribution is 8.00. The van der Waals surface area contributed by atoms with Gasteiger partial charge in [-0.3, -0.25) is 14.2 Å². The number of rotatable bonds is 6. The summed E-state index contributed by atoms with van der Waals surface area (Å²) < 4.78 is 7.05. The summed E-state index contributed by atoms with van der Waals surface area (Å²) in [7, 11) is 1.53. The molecule has 4 aromatic rings. The van der Waals surface area contributed by atoms with Crippen LogP contribution in [0.15, 0.2) is 76.7 Å². The van der Waals surface area contributed by atoms with Crippen molar-refractivity contribution in [1.29, 1.82) is 0 Å². The number of nitrogens with zero attached hydrogens (tertiary/aromatic N) is 2. The predicted octanol–water partition coefficient (Wildman–Crippen LogP) is 5.78. The lowest BCUT2D eigenvalue weighted by molar-refractivity contribution is -0.116. The summed E-state index contributed by atoms with van der Waals surface area (Å²) in [6, 6.07) is 20.1. The number of aryl methyl sites for hydroxylation is 1. The van der Waals surface area contributed by atoms with E-state index in [-0.39, 0.29) is 11.3 Å². The molecule has 0 saturated carbocycles. The maximum absolute atomic E-state index is 13.6. The van der Waals surface area contributed by atoms with E-state index in [9.17, 15) is 9.59 Å². The average molecular weight is 465 g/mol. The number of carbonyl (C=O) groups excluding carboxylic acids is 1. The molecule has 0 radical (unpaired) electrons. The van der Waals surface area contributed by atoms with Gasteiger partial charge in [-0.15, -0.1) is 0 Å². The van der Waals surface area contributed by atoms with Gasteiger partial charge in [0.15, 0.2) is 5.16 Å². The first-order chi connectivity index (χ1) is 15.4. The van der Waals surface area contributed by atoms with Crippen LogP contribution in [0.5, 0.6) is 5.75 Å². The molecule has 162 valence electrons. The molecule has 0 amide bonds. The fourth-order valence-corrected chi connectivity index (χ4v) is 4.77. The summed E-state index contributed by atoms with van der Waals surface area (Å²) in [6.45, 7) is 3.40. The van der Waals surface area contributed by atoms with Crippen LogP contribution in [-0.4, -0.2) is 22.4 Å². The van der Waals surface area contributed by atoms with Crippen LogP contribution in [-0.2, 0) is 4.79 Å². The molecule has 0 aliphatic heterocycles. The van der Waals surface area contributed by atoms with Crippen LogP contribution >= 0.6 is 23.4 Å². The van der Waals surface area contributed by atoms with Crippen molar-refractivity contribution in [2.24, 2.45) is 0 Å². The molecule has 0 saturated heterocycles. The number of Topliss-reactive ketones (excluding diaryl/α,β-unsaturated/α-hetero) is 1. The van der Waals surface area contributed by atoms with E-state index in [0.717, 1.165) is 11.1 Å². The fourth-order valence-electron chi connectivity index (χ4n) is 3.51. The molecule has 0 bridgehead atoms. The molecule has 1 unspecified atom stereocenters. The van der Waals surface area contributed by atoms with Crippen LogP contribution in [0.4, 0.5) is 0 Å². The second-order valence-electron chi connectivity index (χ2n) is 7.34. The minimum Gasteiger partial charge on any atom is -0.495 e. The van der Waals surface area contributed by atoms with E-state index in [1.54, 1.807) is 37.3 Å². The molecular formula is C25H21ClN2O3S. The first-order valence-corrected chi connectivity index (χ1v) is 11.2. The summed E-state index contributed by atoms with van der Waals surface area (Å²) in [5.41, 5.74) is 2.49. The van der Waals surface area contributed by atoms with Crippen LogP contribution in [0.25, 0.3) is 16.6 Å². The Hall–Kier alpha value is -3.09. The Morgan fingerprint density at radius 3 is 2.47 bits per heavy atom. The molecule has 1 heterocycles. The molecule has 7 heteroatoms. The van der Waals surface area contributed by atoms with Gasteiger partial charge in [0.1, 0.15) is 11.5 Å². The van der Waals surface area contributed by atoms with Crippen molar-refractivity contribution in [2.45, 2.75) is 24.3 Å². The van der Waals surface area contributed by atoms with Gasteiger partial charge >= 0.3 is 0 Å². The number of fused-ring (bicyclic) bond motifs is 1. The quantitative estimate of drug-likeness (QED) is 0.267. The Kier molecular flexibility index (Phi) is 6.35. The van der Waals surface area contributed by atoms with E-state index < -0.39 is 5.25 Å². The highest BCUT2D eigenvalue weighted by Gasteiger charge is 2.24. The molecule has 5 nitrogen and oxygen atoms in total. The van der Waals surface area contributed by atoms with Gasteiger partial charge in [0.05, 0.1) is 29.0 Å². The Bertz CT molecular complexity index is 1370. The molecule has 32 heavy (non-hydrogen) atoms. The summed E-state index contributed by atoms with van der Waals surface area (Å²) in [6.07, 6.45) is 0. The van der Waals surface area contributed by atoms with Gasteiger partial charge < -0.3 is 4.74 Å². The minimum atomic E-state index is -0.519. The normalized spacial score (nSPS) is 12.0. The van der Waals surface area contributed by atoms with Crippen molar-refractivity contribution in [1.82, 2.24) is 9.55 Å². The van der Waals surface area contributed by atoms with Crippen LogP contribution in [0.3, 0.4) is 0 Å². The zero-order valence-corrected chi connectivity index (χ0v) is 19.4. The molecule has 0 spiro atoms. The van der Waals surface area contributed by atoms with E-state index in [1.807, 2.05) is 43.3 Å². The number of thioether (sulfide) groups is 1. The van der Waals surface area contributed by atoms with Gasteiger partial charge in [-0.1, -0.05) is 65.8 Å². The monoisotopic (exact) mass is 464 g/mol. The summed E-state index contributed by atoms with van der Waals surface area (Å²) in [5, 5.41) is 0.894. The lowest BCUT2D eigenvalue weighted by Gasteiger charge is -2.20. The number of aromatic nitrogens is 2. The molecule has 0 N–H and O–H groups in total. The average Bonchev–Trinajstić information content (AvgIpc) is 2.79. The highest BCUT2D eigenvalue weighted by Crippen LogP contribution is 2.38. The number of ketones is 1. The molecule has 1 atom stereocenters. The Morgan fingerprint density at radius 1 is 1.09 bits per heavy atom. The van der Waals surface area contributed by atoms with Crippen molar-refractivity contribution >= 4 is 40.0 Å². The van der Waals surface area contributed by atoms with Gasteiger partial charge in [0, 0.05) is 11.1 Å². The fraction of sp³-hybridized carbons (Fsp3) is 0.160. The molecule has 0 aliphatic carbocycles. The first-order valence-electron chi connectivity index (χ1n) is 9.99. The van der Waals surface area contributed by atoms with Gasteiger partial charge in [0.2, 0.25) is 0 Å². The second kappa shape index (κ2) is 9.18. The maximum Gasteiger partial charge on any atom is 0.266 e. The number of ether oxygens (including phenoxy) is 1. The number of para-hydroxylation sites is 1. The van der Waals surface area contributed by atoms with E-state index in [4.69, 9.17) is 21.3 Å². The summed E-state index contributed by atoms with van der Waals surface area (Å²) in [5.74, 6) is 0.412. The van der Waals surface area contributed by atoms with E-state index in [2.05, 4.69) is 0 Å². The molecule has 3 aromatic carbocycles. The lowest BCUT2D eigenvalue weighted by atomic mass is 10.1. The number of benzene rings is 3. The third kappa shape index (κ3) is 4.16. The van der Waals surface area contributed by atoms with Crippen molar-refractivity contribution in [3.8, 4) is 11.4 Å². The van der Waals surface area contributed by atoms with Gasteiger partial charge in [-0.05, 0) is 43.2 Å². The topological polar surface area (TPSA) is 61.2 Å². The SMILES string of the molecule is COc1cc(Cl)c(C)cc1-n1c(SC(C(C)=O)c2ccccc2)nc2ccccc2c1=O. The first kappa shape index (κ1) is 22.1. The van der Waals surface area contributed by atoms with Gasteiger partial charge in [-0.25, -0.2) is 4.98 Å². The largest absolute Gasteiger partial charge is 0.495 e. The zero-order valence-electron chi connectivity index (χ0n) is 17.8. The smallest absolute Gasteiger partial charge is 0.266 e. The Morgan fingerprint density at radius 2 is 1.78 bits per heavy atom. The lowest BCUT2D eigenvalue weighted by Crippen LogP contribution is -2.23. The summed E-state index contributed by atoms with van der Waals surface area (Å²) in [4.78, 5) is 31.0. The standard InChI is InChI=1S/C25H21ClN2O3S/c1-15-13-21(22(31-3)14-19(15)26)28-24(30)18-11-7-8-12-20(18)27-25(28)32-23(16(2)29)17-9-5-4-6-10-17/h4-14,23H,1-3H3. The number of hydrogen-bond donors (Lipinski definition) is 0. The Balaban J connectivity index is 2.00. The number of carbonyl (C=O) groups is 1. The number of halogens is 1. The van der Waals surface area contributed by atoms with Crippen LogP contribution < -0.4 is 10.3 Å². The van der Waals surface area contributed by atoms with Crippen molar-refractivity contribution in [3.63, 3.8) is 0 Å². The predicted molar refractivity (Wildman–Crippen MR) is 129 cm³/mol. The van der Waals surface area contributed by atoms with Crippen LogP contribution in [0, 0.1) is 6.92 Å². The van der Waals surface area contributed by atoms with E-state index in [0.29, 0.717) is 32.5 Å². The minimum absolute atomic E-state index is 0.0330. The van der Waals surface area contributed by atoms with Crippen LogP contribution in [0.2, 0.25) is 5.02 Å². The van der Waals surface area contributed by atoms with E-state index in [1.165, 1.54) is 23.4 Å². The highest BCUT2D eigenvalue weighted by atomic mass is 35.5. The molecular weight excluding hydrogens is 444 g/mol. The number of methoxy groups -OCH3 is 1. The molecule has 0 aliphatic rings. The second-order valence-corrected chi connectivity index (χ2v) is 8.82.